The zero-order valence-corrected chi connectivity index (χ0v) is 14.5. The summed E-state index contributed by atoms with van der Waals surface area (Å²) in [6, 6.07) is 8.44. The summed E-state index contributed by atoms with van der Waals surface area (Å²) in [6.45, 7) is 9.29. The summed E-state index contributed by atoms with van der Waals surface area (Å²) in [5, 5.41) is 4.51. The van der Waals surface area contributed by atoms with Crippen LogP contribution in [0.1, 0.15) is 45.6 Å². The lowest BCUT2D eigenvalue weighted by atomic mass is 9.72. The topological polar surface area (TPSA) is 12.0 Å². The maximum absolute atomic E-state index is 5.99. The van der Waals surface area contributed by atoms with E-state index >= 15 is 0 Å². The monoisotopic (exact) mass is 307 g/mol. The lowest BCUT2D eigenvalue weighted by Gasteiger charge is -2.35. The zero-order valence-electron chi connectivity index (χ0n) is 13.7. The van der Waals surface area contributed by atoms with E-state index in [1.165, 1.54) is 37.8 Å². The molecular formula is C19H30ClN. The van der Waals surface area contributed by atoms with Crippen LogP contribution in [0.4, 0.5) is 0 Å². The number of rotatable bonds is 6. The molecule has 0 radical (unpaired) electrons. The van der Waals surface area contributed by atoms with Crippen molar-refractivity contribution in [3.63, 3.8) is 0 Å². The van der Waals surface area contributed by atoms with E-state index in [1.54, 1.807) is 0 Å². The first-order valence-electron chi connectivity index (χ1n) is 8.49. The minimum Gasteiger partial charge on any atom is -0.316 e. The van der Waals surface area contributed by atoms with Gasteiger partial charge in [0.25, 0.3) is 0 Å². The largest absolute Gasteiger partial charge is 0.316 e. The van der Waals surface area contributed by atoms with Gasteiger partial charge in [-0.1, -0.05) is 50.9 Å². The Morgan fingerprint density at radius 3 is 2.52 bits per heavy atom. The van der Waals surface area contributed by atoms with Crippen LogP contribution in [0.25, 0.3) is 0 Å². The van der Waals surface area contributed by atoms with Crippen molar-refractivity contribution in [2.75, 3.05) is 13.1 Å². The van der Waals surface area contributed by atoms with E-state index in [2.05, 4.69) is 38.2 Å². The zero-order chi connectivity index (χ0) is 15.2. The van der Waals surface area contributed by atoms with E-state index in [0.717, 1.165) is 35.2 Å². The summed E-state index contributed by atoms with van der Waals surface area (Å²) in [6.07, 6.45) is 5.35. The van der Waals surface area contributed by atoms with E-state index in [-0.39, 0.29) is 0 Å². The number of hydrogen-bond donors (Lipinski definition) is 1. The minimum absolute atomic E-state index is 0.738. The summed E-state index contributed by atoms with van der Waals surface area (Å²) in [5.41, 5.74) is 1.44. The average molecular weight is 308 g/mol. The molecule has 0 spiro atoms. The predicted octanol–water partition coefficient (Wildman–Crippen LogP) is 5.18. The average Bonchev–Trinajstić information content (AvgIpc) is 2.43. The SMILES string of the molecule is CC(C)CNCC1CCC(C)CC1Cc1ccc(Cl)cc1. The van der Waals surface area contributed by atoms with Crippen molar-refractivity contribution in [2.24, 2.45) is 23.7 Å². The van der Waals surface area contributed by atoms with E-state index in [0.29, 0.717) is 0 Å². The molecule has 118 valence electrons. The fraction of sp³-hybridized carbons (Fsp3) is 0.684. The van der Waals surface area contributed by atoms with E-state index in [9.17, 15) is 0 Å². The van der Waals surface area contributed by atoms with Crippen molar-refractivity contribution in [1.82, 2.24) is 5.32 Å². The molecule has 0 heterocycles. The molecule has 1 aromatic rings. The van der Waals surface area contributed by atoms with Crippen molar-refractivity contribution in [1.29, 1.82) is 0 Å². The Kier molecular flexibility index (Phi) is 6.57. The summed E-state index contributed by atoms with van der Waals surface area (Å²) >= 11 is 5.99. The quantitative estimate of drug-likeness (QED) is 0.763. The van der Waals surface area contributed by atoms with Crippen molar-refractivity contribution < 1.29 is 0 Å². The molecule has 21 heavy (non-hydrogen) atoms. The van der Waals surface area contributed by atoms with Crippen molar-refractivity contribution >= 4 is 11.6 Å². The van der Waals surface area contributed by atoms with E-state index in [4.69, 9.17) is 11.6 Å². The lowest BCUT2D eigenvalue weighted by Crippen LogP contribution is -2.35. The summed E-state index contributed by atoms with van der Waals surface area (Å²) in [7, 11) is 0. The number of nitrogens with one attached hydrogen (secondary N) is 1. The van der Waals surface area contributed by atoms with E-state index in [1.807, 2.05) is 12.1 Å². The molecule has 1 saturated carbocycles. The highest BCUT2D eigenvalue weighted by atomic mass is 35.5. The first-order chi connectivity index (χ1) is 10.0. The smallest absolute Gasteiger partial charge is 0.0406 e. The maximum atomic E-state index is 5.99. The molecule has 3 atom stereocenters. The Labute approximate surface area is 135 Å². The summed E-state index contributed by atoms with van der Waals surface area (Å²) < 4.78 is 0. The Hall–Kier alpha value is -0.530. The van der Waals surface area contributed by atoms with Crippen LogP contribution in [0.2, 0.25) is 5.02 Å². The van der Waals surface area contributed by atoms with Gasteiger partial charge in [-0.25, -0.2) is 0 Å². The van der Waals surface area contributed by atoms with Crippen molar-refractivity contribution in [3.8, 4) is 0 Å². The third-order valence-electron chi connectivity index (χ3n) is 4.77. The molecule has 1 aliphatic carbocycles. The second-order valence-electron chi connectivity index (χ2n) is 7.32. The highest BCUT2D eigenvalue weighted by molar-refractivity contribution is 6.30. The van der Waals surface area contributed by atoms with Crippen LogP contribution in [0.15, 0.2) is 24.3 Å². The molecule has 0 bridgehead atoms. The number of hydrogen-bond acceptors (Lipinski definition) is 1. The fourth-order valence-corrected chi connectivity index (χ4v) is 3.69. The third kappa shape index (κ3) is 5.64. The molecule has 0 aliphatic heterocycles. The van der Waals surface area contributed by atoms with Crippen LogP contribution in [0.5, 0.6) is 0 Å². The molecule has 0 amide bonds. The van der Waals surface area contributed by atoms with Gasteiger partial charge in [-0.05, 0) is 73.7 Å². The Morgan fingerprint density at radius 2 is 1.86 bits per heavy atom. The van der Waals surface area contributed by atoms with Gasteiger partial charge in [-0.3, -0.25) is 0 Å². The van der Waals surface area contributed by atoms with Crippen LogP contribution >= 0.6 is 11.6 Å². The number of halogens is 1. The van der Waals surface area contributed by atoms with Gasteiger partial charge in [0.05, 0.1) is 0 Å². The Bertz CT molecular complexity index is 412. The summed E-state index contributed by atoms with van der Waals surface area (Å²) in [5.74, 6) is 3.26. The molecule has 2 rings (SSSR count). The molecule has 3 unspecified atom stereocenters. The lowest BCUT2D eigenvalue weighted by molar-refractivity contribution is 0.182. The van der Waals surface area contributed by atoms with Gasteiger partial charge < -0.3 is 5.32 Å². The second-order valence-corrected chi connectivity index (χ2v) is 7.76. The van der Waals surface area contributed by atoms with Gasteiger partial charge in [0.2, 0.25) is 0 Å². The van der Waals surface area contributed by atoms with Crippen molar-refractivity contribution in [2.45, 2.75) is 46.5 Å². The third-order valence-corrected chi connectivity index (χ3v) is 5.02. The van der Waals surface area contributed by atoms with Crippen LogP contribution < -0.4 is 5.32 Å². The van der Waals surface area contributed by atoms with E-state index < -0.39 is 0 Å². The van der Waals surface area contributed by atoms with Crippen LogP contribution in [0, 0.1) is 23.7 Å². The number of benzene rings is 1. The molecule has 1 fully saturated rings. The first-order valence-corrected chi connectivity index (χ1v) is 8.87. The van der Waals surface area contributed by atoms with Crippen LogP contribution in [0.3, 0.4) is 0 Å². The second kappa shape index (κ2) is 8.19. The van der Waals surface area contributed by atoms with Crippen molar-refractivity contribution in [3.05, 3.63) is 34.9 Å². The Balaban J connectivity index is 1.92. The van der Waals surface area contributed by atoms with Gasteiger partial charge in [0.15, 0.2) is 0 Å². The molecule has 1 aliphatic rings. The highest BCUT2D eigenvalue weighted by Crippen LogP contribution is 2.35. The van der Waals surface area contributed by atoms with Gasteiger partial charge >= 0.3 is 0 Å². The predicted molar refractivity (Wildman–Crippen MR) is 92.9 cm³/mol. The molecule has 1 N–H and O–H groups in total. The first kappa shape index (κ1) is 16.8. The Morgan fingerprint density at radius 1 is 1.14 bits per heavy atom. The maximum Gasteiger partial charge on any atom is 0.0406 e. The molecule has 0 saturated heterocycles. The summed E-state index contributed by atoms with van der Waals surface area (Å²) in [4.78, 5) is 0. The van der Waals surface area contributed by atoms with Gasteiger partial charge in [-0.2, -0.15) is 0 Å². The highest BCUT2D eigenvalue weighted by Gasteiger charge is 2.28. The molecule has 1 nitrogen and oxygen atoms in total. The molecular weight excluding hydrogens is 278 g/mol. The van der Waals surface area contributed by atoms with Gasteiger partial charge in [-0.15, -0.1) is 0 Å². The molecule has 1 aromatic carbocycles. The van der Waals surface area contributed by atoms with Crippen LogP contribution in [-0.2, 0) is 6.42 Å². The normalized spacial score (nSPS) is 26.2. The molecule has 0 aromatic heterocycles. The van der Waals surface area contributed by atoms with Crippen LogP contribution in [-0.4, -0.2) is 13.1 Å². The fourth-order valence-electron chi connectivity index (χ4n) is 3.56. The standard InChI is InChI=1S/C19H30ClN/c1-14(2)12-21-13-17-7-4-15(3)10-18(17)11-16-5-8-19(20)9-6-16/h5-6,8-9,14-15,17-18,21H,4,7,10-13H2,1-3H3. The minimum atomic E-state index is 0.738. The molecule has 2 heteroatoms. The van der Waals surface area contributed by atoms with Gasteiger partial charge in [0.1, 0.15) is 0 Å². The van der Waals surface area contributed by atoms with Gasteiger partial charge in [0, 0.05) is 5.02 Å².